The van der Waals surface area contributed by atoms with E-state index in [2.05, 4.69) is 15.9 Å². The van der Waals surface area contributed by atoms with Crippen LogP contribution in [-0.4, -0.2) is 35.2 Å². The van der Waals surface area contributed by atoms with Gasteiger partial charge in [0.2, 0.25) is 0 Å². The molecule has 2 heterocycles. The maximum Gasteiger partial charge on any atom is 0.331 e. The molecule has 0 amide bonds. The van der Waals surface area contributed by atoms with Crippen LogP contribution in [0, 0.1) is 0 Å². The van der Waals surface area contributed by atoms with Crippen LogP contribution < -0.4 is 5.73 Å². The second kappa shape index (κ2) is 12.3. The van der Waals surface area contributed by atoms with Crippen molar-refractivity contribution in [1.82, 2.24) is 4.98 Å². The fraction of sp³-hybridized carbons (Fsp3) is 0.522. The van der Waals surface area contributed by atoms with E-state index in [9.17, 15) is 9.59 Å². The summed E-state index contributed by atoms with van der Waals surface area (Å²) >= 11 is 4.95. The highest BCUT2D eigenvalue weighted by molar-refractivity contribution is 9.11. The van der Waals surface area contributed by atoms with Crippen LogP contribution in [0.5, 0.6) is 0 Å². The van der Waals surface area contributed by atoms with Crippen LogP contribution in [0.2, 0.25) is 0 Å². The summed E-state index contributed by atoms with van der Waals surface area (Å²) in [5.41, 5.74) is 8.13. The van der Waals surface area contributed by atoms with Gasteiger partial charge in [0, 0.05) is 36.3 Å². The summed E-state index contributed by atoms with van der Waals surface area (Å²) in [7, 11) is 0. The summed E-state index contributed by atoms with van der Waals surface area (Å²) in [6.45, 7) is 7.72. The summed E-state index contributed by atoms with van der Waals surface area (Å²) in [6, 6.07) is -0.297. The monoisotopic (exact) mass is 510 g/mol. The number of carbonyl (C=O) groups is 2. The van der Waals surface area contributed by atoms with Gasteiger partial charge in [0.15, 0.2) is 0 Å². The number of nitrogens with zero attached hydrogens (tertiary/aromatic N) is 1. The van der Waals surface area contributed by atoms with E-state index in [-0.39, 0.29) is 30.5 Å². The molecular weight excluding hydrogens is 480 g/mol. The van der Waals surface area contributed by atoms with E-state index < -0.39 is 12.1 Å². The Morgan fingerprint density at radius 3 is 2.71 bits per heavy atom. The molecule has 170 valence electrons. The first kappa shape index (κ1) is 25.5. The van der Waals surface area contributed by atoms with Gasteiger partial charge in [-0.1, -0.05) is 40.6 Å². The highest BCUT2D eigenvalue weighted by atomic mass is 79.9. The smallest absolute Gasteiger partial charge is 0.331 e. The number of esters is 2. The second-order valence-corrected chi connectivity index (χ2v) is 10.3. The molecule has 1 aromatic rings. The van der Waals surface area contributed by atoms with Crippen molar-refractivity contribution in [1.29, 1.82) is 0 Å². The van der Waals surface area contributed by atoms with Crippen molar-refractivity contribution in [2.24, 2.45) is 5.73 Å². The average molecular weight is 511 g/mol. The number of aromatic nitrogens is 1. The lowest BCUT2D eigenvalue weighted by Gasteiger charge is -2.18. The van der Waals surface area contributed by atoms with Crippen molar-refractivity contribution in [3.05, 3.63) is 50.4 Å². The molecular formula is C23H31BrN2O4S. The summed E-state index contributed by atoms with van der Waals surface area (Å²) in [5.74, 6) is -0.613. The Morgan fingerprint density at radius 1 is 1.26 bits per heavy atom. The Labute approximate surface area is 196 Å². The molecule has 6 nitrogen and oxygen atoms in total. The van der Waals surface area contributed by atoms with Crippen LogP contribution in [0.4, 0.5) is 0 Å². The lowest BCUT2D eigenvalue weighted by Crippen LogP contribution is -2.28. The number of halogens is 1. The standard InChI is InChI=1S/C23H31BrN2O4S/c1-14-6-5-7-22(27)30-19(10-16(3)24)12-21-26-20(13-31-21)15(2)9-18(25)11-23(28)29-17(4)8-14/h5-7,10,13,15,17-19H,8-9,11-12,25H2,1-4H3/b7-5-,14-6+,16-10+/t15-,17-,18?,19?/m0/s1. The lowest BCUT2D eigenvalue weighted by atomic mass is 9.98. The zero-order chi connectivity index (χ0) is 23.0. The summed E-state index contributed by atoms with van der Waals surface area (Å²) in [6.07, 6.45) is 7.91. The highest BCUT2D eigenvalue weighted by Crippen LogP contribution is 2.25. The molecule has 0 saturated carbocycles. The molecule has 2 rings (SSSR count). The zero-order valence-corrected chi connectivity index (χ0v) is 20.9. The van der Waals surface area contributed by atoms with Crippen LogP contribution in [0.25, 0.3) is 0 Å². The van der Waals surface area contributed by atoms with Crippen molar-refractivity contribution in [3.8, 4) is 0 Å². The summed E-state index contributed by atoms with van der Waals surface area (Å²) in [5, 5.41) is 2.88. The van der Waals surface area contributed by atoms with Crippen molar-refractivity contribution in [2.75, 3.05) is 0 Å². The Morgan fingerprint density at radius 2 is 2.00 bits per heavy atom. The van der Waals surface area contributed by atoms with Gasteiger partial charge in [0.05, 0.1) is 17.1 Å². The van der Waals surface area contributed by atoms with E-state index in [1.165, 1.54) is 17.4 Å². The first-order valence-electron chi connectivity index (χ1n) is 10.4. The molecule has 4 atom stereocenters. The quantitative estimate of drug-likeness (QED) is 0.537. The minimum Gasteiger partial charge on any atom is -0.462 e. The fourth-order valence-electron chi connectivity index (χ4n) is 3.40. The molecule has 0 radical (unpaired) electrons. The predicted molar refractivity (Wildman–Crippen MR) is 127 cm³/mol. The average Bonchev–Trinajstić information content (AvgIpc) is 3.08. The number of thiazole rings is 1. The van der Waals surface area contributed by atoms with Crippen molar-refractivity contribution >= 4 is 39.2 Å². The van der Waals surface area contributed by atoms with E-state index in [0.29, 0.717) is 19.3 Å². The first-order valence-corrected chi connectivity index (χ1v) is 12.1. The molecule has 8 heteroatoms. The molecule has 1 aromatic heterocycles. The predicted octanol–water partition coefficient (Wildman–Crippen LogP) is 4.95. The van der Waals surface area contributed by atoms with E-state index >= 15 is 0 Å². The van der Waals surface area contributed by atoms with Gasteiger partial charge in [-0.25, -0.2) is 9.78 Å². The van der Waals surface area contributed by atoms with Crippen LogP contribution >= 0.6 is 27.3 Å². The number of rotatable bonds is 1. The van der Waals surface area contributed by atoms with Crippen LogP contribution in [0.3, 0.4) is 0 Å². The Bertz CT molecular complexity index is 858. The fourth-order valence-corrected chi connectivity index (χ4v) is 4.65. The van der Waals surface area contributed by atoms with Gasteiger partial charge in [-0.05, 0) is 37.8 Å². The lowest BCUT2D eigenvalue weighted by molar-refractivity contribution is -0.148. The van der Waals surface area contributed by atoms with Crippen molar-refractivity contribution in [3.63, 3.8) is 0 Å². The molecule has 0 fully saturated rings. The van der Waals surface area contributed by atoms with E-state index in [1.54, 1.807) is 6.08 Å². The summed E-state index contributed by atoms with van der Waals surface area (Å²) < 4.78 is 12.0. The van der Waals surface area contributed by atoms with Gasteiger partial charge < -0.3 is 15.2 Å². The van der Waals surface area contributed by atoms with Crippen molar-refractivity contribution in [2.45, 2.75) is 77.5 Å². The molecule has 0 aliphatic carbocycles. The Balaban J connectivity index is 2.26. The van der Waals surface area contributed by atoms with E-state index in [1.807, 2.05) is 45.2 Å². The van der Waals surface area contributed by atoms with Crippen LogP contribution in [0.15, 0.2) is 39.7 Å². The molecule has 2 unspecified atom stereocenters. The minimum atomic E-state index is -0.425. The van der Waals surface area contributed by atoms with E-state index in [4.69, 9.17) is 20.2 Å². The third kappa shape index (κ3) is 9.49. The van der Waals surface area contributed by atoms with Gasteiger partial charge in [0.1, 0.15) is 12.2 Å². The Kier molecular flexibility index (Phi) is 10.1. The number of ether oxygens (including phenoxy) is 2. The van der Waals surface area contributed by atoms with E-state index in [0.717, 1.165) is 20.8 Å². The summed E-state index contributed by atoms with van der Waals surface area (Å²) in [4.78, 5) is 29.2. The second-order valence-electron chi connectivity index (χ2n) is 8.08. The number of allylic oxidation sites excluding steroid dienone is 3. The normalized spacial score (nSPS) is 30.1. The number of nitrogens with two attached hydrogens (primary N) is 1. The largest absolute Gasteiger partial charge is 0.462 e. The van der Waals surface area contributed by atoms with Gasteiger partial charge in [-0.2, -0.15) is 0 Å². The maximum atomic E-state index is 12.3. The van der Waals surface area contributed by atoms with Crippen LogP contribution in [-0.2, 0) is 25.5 Å². The number of hydrogen-bond acceptors (Lipinski definition) is 7. The molecule has 1 aliphatic heterocycles. The zero-order valence-electron chi connectivity index (χ0n) is 18.5. The third-order valence-corrected chi connectivity index (χ3v) is 5.93. The van der Waals surface area contributed by atoms with Gasteiger partial charge in [-0.3, -0.25) is 4.79 Å². The molecule has 2 bridgehead atoms. The van der Waals surface area contributed by atoms with Gasteiger partial charge in [-0.15, -0.1) is 11.3 Å². The van der Waals surface area contributed by atoms with Gasteiger partial charge in [0.25, 0.3) is 0 Å². The third-order valence-electron chi connectivity index (χ3n) is 4.77. The number of carbonyl (C=O) groups excluding carboxylic acids is 2. The molecule has 0 spiro atoms. The number of fused-ring (bicyclic) bond motifs is 2. The highest BCUT2D eigenvalue weighted by Gasteiger charge is 2.20. The Hall–Kier alpha value is -1.77. The number of hydrogen-bond donors (Lipinski definition) is 1. The molecule has 1 aliphatic rings. The van der Waals surface area contributed by atoms with Crippen molar-refractivity contribution < 1.29 is 19.1 Å². The first-order chi connectivity index (χ1) is 14.6. The molecule has 0 aromatic carbocycles. The SMILES string of the molecule is C/C(Br)=C\C1Cc2nc(cs2)[C@@H](C)CC(N)CC(=O)O[C@@H](C)C/C(C)=C/C=C\C(=O)O1. The molecule has 31 heavy (non-hydrogen) atoms. The minimum absolute atomic E-state index is 0.106. The van der Waals surface area contributed by atoms with Gasteiger partial charge >= 0.3 is 11.9 Å². The molecule has 2 N–H and O–H groups in total. The maximum absolute atomic E-state index is 12.3. The number of cyclic esters (lactones) is 2. The molecule has 0 saturated heterocycles. The van der Waals surface area contributed by atoms with Crippen LogP contribution in [0.1, 0.15) is 63.6 Å². The topological polar surface area (TPSA) is 91.5 Å².